The first-order chi connectivity index (χ1) is 17.1. The average molecular weight is 513 g/mol. The molecule has 2 saturated heterocycles. The SMILES string of the molecule is CC(=O)O[C@H]1O[C@@H]([C@@H]2OC2(C)C)C[C@H]1[C@@H]1CC[C@]2(C)C3=CC[C@H]4C(C)(C)C(=O)CC[C@]4(C)[C@H]3CC[C@@]12C. The van der Waals surface area contributed by atoms with Crippen LogP contribution in [0.15, 0.2) is 11.6 Å². The highest BCUT2D eigenvalue weighted by Gasteiger charge is 2.68. The quantitative estimate of drug-likeness (QED) is 0.241. The van der Waals surface area contributed by atoms with Crippen molar-refractivity contribution in [2.75, 3.05) is 0 Å². The second kappa shape index (κ2) is 7.93. The Bertz CT molecular complexity index is 1040. The molecule has 0 bridgehead atoms. The molecule has 0 unspecified atom stereocenters. The van der Waals surface area contributed by atoms with E-state index in [1.807, 2.05) is 0 Å². The van der Waals surface area contributed by atoms with Gasteiger partial charge in [0.2, 0.25) is 6.29 Å². The van der Waals surface area contributed by atoms with Gasteiger partial charge in [0.05, 0.1) is 11.7 Å². The Balaban J connectivity index is 1.31. The van der Waals surface area contributed by atoms with Gasteiger partial charge in [-0.2, -0.15) is 0 Å². The van der Waals surface area contributed by atoms with E-state index in [0.717, 1.165) is 32.1 Å². The number of rotatable bonds is 3. The van der Waals surface area contributed by atoms with Gasteiger partial charge in [0.15, 0.2) is 0 Å². The minimum atomic E-state index is -0.475. The van der Waals surface area contributed by atoms with Gasteiger partial charge < -0.3 is 14.2 Å². The molecule has 3 saturated carbocycles. The standard InChI is InChI=1S/C32H48O5/c1-18(33)35-27-19(17-23(36-27)26-29(4,5)37-26)20-11-15-32(8)22-9-10-24-28(2,3)25(34)13-14-30(24,6)21(22)12-16-31(20,32)7/h9,19-21,23-24,26-27H,10-17H2,1-8H3/t19-,20-,21-,23+,24-,26-,27-,30+,31-,32+/m0/s1. The van der Waals surface area contributed by atoms with Crippen LogP contribution < -0.4 is 0 Å². The number of epoxide rings is 1. The van der Waals surface area contributed by atoms with Crippen LogP contribution in [0.25, 0.3) is 0 Å². The summed E-state index contributed by atoms with van der Waals surface area (Å²) < 4.78 is 18.2. The van der Waals surface area contributed by atoms with E-state index in [0.29, 0.717) is 23.5 Å². The van der Waals surface area contributed by atoms with Crippen molar-refractivity contribution in [2.45, 2.75) is 131 Å². The number of allylic oxidation sites excluding steroid dienone is 2. The molecule has 37 heavy (non-hydrogen) atoms. The van der Waals surface area contributed by atoms with Gasteiger partial charge in [-0.3, -0.25) is 9.59 Å². The Morgan fingerprint density at radius 1 is 1.03 bits per heavy atom. The molecular formula is C32H48O5. The first kappa shape index (κ1) is 26.0. The van der Waals surface area contributed by atoms with Crippen molar-refractivity contribution in [3.8, 4) is 0 Å². The zero-order chi connectivity index (χ0) is 26.8. The van der Waals surface area contributed by atoms with Crippen molar-refractivity contribution in [1.82, 2.24) is 0 Å². The summed E-state index contributed by atoms with van der Waals surface area (Å²) in [5.74, 6) is 1.84. The first-order valence-corrected chi connectivity index (χ1v) is 14.9. The molecule has 5 fully saturated rings. The fourth-order valence-corrected chi connectivity index (χ4v) is 10.6. The molecule has 0 radical (unpaired) electrons. The maximum absolute atomic E-state index is 12.9. The summed E-state index contributed by atoms with van der Waals surface area (Å²) in [4.78, 5) is 25.0. The minimum absolute atomic E-state index is 0.00767. The van der Waals surface area contributed by atoms with Gasteiger partial charge in [0, 0.05) is 24.7 Å². The summed E-state index contributed by atoms with van der Waals surface area (Å²) in [6.07, 6.45) is 10.6. The molecule has 5 heteroatoms. The Kier molecular flexibility index (Phi) is 5.58. The van der Waals surface area contributed by atoms with Crippen molar-refractivity contribution in [1.29, 1.82) is 0 Å². The molecule has 206 valence electrons. The maximum Gasteiger partial charge on any atom is 0.304 e. The third kappa shape index (κ3) is 3.47. The summed E-state index contributed by atoms with van der Waals surface area (Å²) in [5.41, 5.74) is 1.76. The molecular weight excluding hydrogens is 464 g/mol. The number of esters is 1. The molecule has 0 aromatic carbocycles. The first-order valence-electron chi connectivity index (χ1n) is 14.9. The number of carbonyl (C=O) groups excluding carboxylic acids is 2. The zero-order valence-electron chi connectivity index (χ0n) is 24.3. The molecule has 0 spiro atoms. The molecule has 5 nitrogen and oxygen atoms in total. The van der Waals surface area contributed by atoms with Crippen LogP contribution in [-0.2, 0) is 23.8 Å². The van der Waals surface area contributed by atoms with Crippen molar-refractivity contribution >= 4 is 11.8 Å². The number of carbonyl (C=O) groups is 2. The fourth-order valence-electron chi connectivity index (χ4n) is 10.6. The highest BCUT2D eigenvalue weighted by atomic mass is 16.7. The Hall–Kier alpha value is -1.20. The maximum atomic E-state index is 12.9. The summed E-state index contributed by atoms with van der Waals surface area (Å²) >= 11 is 0. The van der Waals surface area contributed by atoms with Gasteiger partial charge in [-0.05, 0) is 92.8 Å². The molecule has 0 aromatic rings. The Morgan fingerprint density at radius 3 is 2.38 bits per heavy atom. The van der Waals surface area contributed by atoms with Crippen molar-refractivity contribution in [2.24, 2.45) is 45.3 Å². The largest absolute Gasteiger partial charge is 0.436 e. The number of ketones is 1. The highest BCUT2D eigenvalue weighted by molar-refractivity contribution is 5.85. The van der Waals surface area contributed by atoms with Crippen molar-refractivity contribution < 1.29 is 23.8 Å². The fraction of sp³-hybridized carbons (Fsp3) is 0.875. The summed E-state index contributed by atoms with van der Waals surface area (Å²) in [6.45, 7) is 17.7. The lowest BCUT2D eigenvalue weighted by Crippen LogP contribution is -2.57. The molecule has 10 atom stereocenters. The Morgan fingerprint density at radius 2 is 1.73 bits per heavy atom. The highest BCUT2D eigenvalue weighted by Crippen LogP contribution is 2.73. The third-order valence-corrected chi connectivity index (χ3v) is 13.0. The molecule has 6 rings (SSSR count). The van der Waals surface area contributed by atoms with Crippen LogP contribution in [0, 0.1) is 45.3 Å². The van der Waals surface area contributed by atoms with Crippen LogP contribution in [-0.4, -0.2) is 35.9 Å². The van der Waals surface area contributed by atoms with Crippen LogP contribution in [0.2, 0.25) is 0 Å². The van der Waals surface area contributed by atoms with Gasteiger partial charge in [0.25, 0.3) is 0 Å². The monoisotopic (exact) mass is 512 g/mol. The number of hydrogen-bond acceptors (Lipinski definition) is 5. The van der Waals surface area contributed by atoms with Crippen LogP contribution in [0.1, 0.15) is 107 Å². The Labute approximate surface area is 223 Å². The van der Waals surface area contributed by atoms with Gasteiger partial charge in [-0.15, -0.1) is 0 Å². The summed E-state index contributed by atoms with van der Waals surface area (Å²) in [6, 6.07) is 0. The number of fused-ring (bicyclic) bond motifs is 5. The van der Waals surface area contributed by atoms with E-state index in [9.17, 15) is 9.59 Å². The predicted octanol–water partition coefficient (Wildman–Crippen LogP) is 6.63. The molecule has 2 heterocycles. The van der Waals surface area contributed by atoms with E-state index in [4.69, 9.17) is 14.2 Å². The average Bonchev–Trinajstić information content (AvgIpc) is 3.12. The van der Waals surface area contributed by atoms with E-state index in [1.165, 1.54) is 26.2 Å². The molecule has 0 amide bonds. The van der Waals surface area contributed by atoms with E-state index >= 15 is 0 Å². The lowest BCUT2D eigenvalue weighted by Gasteiger charge is -2.63. The van der Waals surface area contributed by atoms with Gasteiger partial charge in [0.1, 0.15) is 11.9 Å². The van der Waals surface area contributed by atoms with E-state index in [2.05, 4.69) is 54.5 Å². The van der Waals surface area contributed by atoms with E-state index in [1.54, 1.807) is 5.57 Å². The topological polar surface area (TPSA) is 65.1 Å². The number of hydrogen-bond donors (Lipinski definition) is 0. The van der Waals surface area contributed by atoms with Crippen molar-refractivity contribution in [3.63, 3.8) is 0 Å². The lowest BCUT2D eigenvalue weighted by atomic mass is 9.41. The van der Waals surface area contributed by atoms with E-state index in [-0.39, 0.29) is 51.4 Å². The van der Waals surface area contributed by atoms with Gasteiger partial charge in [-0.1, -0.05) is 46.3 Å². The minimum Gasteiger partial charge on any atom is -0.436 e. The van der Waals surface area contributed by atoms with Gasteiger partial charge >= 0.3 is 5.97 Å². The van der Waals surface area contributed by atoms with Gasteiger partial charge in [-0.25, -0.2) is 0 Å². The van der Waals surface area contributed by atoms with Crippen LogP contribution in [0.3, 0.4) is 0 Å². The molecule has 0 N–H and O–H groups in total. The van der Waals surface area contributed by atoms with Crippen LogP contribution >= 0.6 is 0 Å². The second-order valence-electron chi connectivity index (χ2n) is 15.3. The third-order valence-electron chi connectivity index (χ3n) is 13.0. The van der Waals surface area contributed by atoms with Crippen molar-refractivity contribution in [3.05, 3.63) is 11.6 Å². The van der Waals surface area contributed by atoms with E-state index < -0.39 is 6.29 Å². The predicted molar refractivity (Wildman–Crippen MR) is 141 cm³/mol. The molecule has 6 aliphatic rings. The lowest BCUT2D eigenvalue weighted by molar-refractivity contribution is -0.186. The normalized spacial score (nSPS) is 51.5. The molecule has 0 aromatic heterocycles. The van der Waals surface area contributed by atoms with Crippen LogP contribution in [0.5, 0.6) is 0 Å². The number of Topliss-reactive ketones (excluding diaryl/α,β-unsaturated/α-hetero) is 1. The molecule has 4 aliphatic carbocycles. The summed E-state index contributed by atoms with van der Waals surface area (Å²) in [7, 11) is 0. The second-order valence-corrected chi connectivity index (χ2v) is 15.3. The smallest absolute Gasteiger partial charge is 0.304 e. The zero-order valence-corrected chi connectivity index (χ0v) is 24.3. The van der Waals surface area contributed by atoms with Crippen LogP contribution in [0.4, 0.5) is 0 Å². The number of ether oxygens (including phenoxy) is 3. The molecule has 2 aliphatic heterocycles. The summed E-state index contributed by atoms with van der Waals surface area (Å²) in [5, 5.41) is 0.